The number of aliphatic hydroxyl groups is 1. The summed E-state index contributed by atoms with van der Waals surface area (Å²) >= 11 is 0. The summed E-state index contributed by atoms with van der Waals surface area (Å²) < 4.78 is 0. The molecule has 0 aliphatic heterocycles. The van der Waals surface area contributed by atoms with Crippen LogP contribution >= 0.6 is 0 Å². The third kappa shape index (κ3) is 3.63. The maximum atomic E-state index is 8.79. The van der Waals surface area contributed by atoms with Gasteiger partial charge in [0.05, 0.1) is 0 Å². The Labute approximate surface area is 95.3 Å². The van der Waals surface area contributed by atoms with E-state index in [4.69, 9.17) is 10.9 Å². The van der Waals surface area contributed by atoms with Crippen LogP contribution in [0.3, 0.4) is 0 Å². The molecule has 6 heteroatoms. The molecule has 0 aromatic carbocycles. The quantitative estimate of drug-likeness (QED) is 0.416. The van der Waals surface area contributed by atoms with Crippen LogP contribution in [-0.4, -0.2) is 28.2 Å². The van der Waals surface area contributed by atoms with Crippen LogP contribution in [0.5, 0.6) is 0 Å². The van der Waals surface area contributed by atoms with E-state index in [1.807, 2.05) is 6.92 Å². The second-order valence-electron chi connectivity index (χ2n) is 3.87. The van der Waals surface area contributed by atoms with Crippen molar-refractivity contribution < 1.29 is 5.11 Å². The topological polar surface area (TPSA) is 96.1 Å². The normalized spacial score (nSPS) is 12.2. The molecule has 0 saturated heterocycles. The molecular formula is C10H19N5O. The van der Waals surface area contributed by atoms with Gasteiger partial charge in [0.15, 0.2) is 0 Å². The number of nitrogen functional groups attached to an aromatic ring is 1. The Morgan fingerprint density at radius 3 is 2.94 bits per heavy atom. The van der Waals surface area contributed by atoms with Gasteiger partial charge in [-0.1, -0.05) is 6.92 Å². The summed E-state index contributed by atoms with van der Waals surface area (Å²) in [5.74, 6) is 6.80. The number of nitrogens with one attached hydrogen (secondary N) is 2. The zero-order valence-electron chi connectivity index (χ0n) is 9.70. The second kappa shape index (κ2) is 6.24. The van der Waals surface area contributed by atoms with Gasteiger partial charge < -0.3 is 10.4 Å². The van der Waals surface area contributed by atoms with E-state index in [1.165, 1.54) is 0 Å². The van der Waals surface area contributed by atoms with Crippen molar-refractivity contribution in [2.75, 3.05) is 23.9 Å². The number of anilines is 2. The van der Waals surface area contributed by atoms with Gasteiger partial charge in [-0.05, 0) is 19.3 Å². The molecule has 1 aromatic rings. The van der Waals surface area contributed by atoms with Crippen molar-refractivity contribution >= 4 is 11.8 Å². The van der Waals surface area contributed by atoms with Crippen LogP contribution < -0.4 is 16.6 Å². The Morgan fingerprint density at radius 1 is 1.56 bits per heavy atom. The smallest absolute Gasteiger partial charge is 0.239 e. The van der Waals surface area contributed by atoms with Gasteiger partial charge in [-0.3, -0.25) is 5.43 Å². The van der Waals surface area contributed by atoms with Crippen LogP contribution in [0, 0.1) is 12.8 Å². The first kappa shape index (κ1) is 12.7. The van der Waals surface area contributed by atoms with Gasteiger partial charge in [0.2, 0.25) is 5.95 Å². The van der Waals surface area contributed by atoms with Crippen LogP contribution in [0.1, 0.15) is 18.9 Å². The Hall–Kier alpha value is -1.40. The van der Waals surface area contributed by atoms with E-state index in [0.29, 0.717) is 11.9 Å². The van der Waals surface area contributed by atoms with Gasteiger partial charge >= 0.3 is 0 Å². The molecule has 1 atom stereocenters. The minimum Gasteiger partial charge on any atom is -0.396 e. The average Bonchev–Trinajstić information content (AvgIpc) is 2.28. The van der Waals surface area contributed by atoms with Crippen molar-refractivity contribution in [3.63, 3.8) is 0 Å². The standard InChI is InChI=1S/C10H19N5O/c1-7(3-4-16)5-12-9-8(2)6-13-10(14-9)15-11/h6-7,16H,3-5,11H2,1-2H3,(H2,12,13,14,15). The molecule has 1 rings (SSSR count). The van der Waals surface area contributed by atoms with Crippen molar-refractivity contribution in [3.05, 3.63) is 11.8 Å². The third-order valence-corrected chi connectivity index (χ3v) is 2.34. The monoisotopic (exact) mass is 225 g/mol. The molecule has 90 valence electrons. The highest BCUT2D eigenvalue weighted by atomic mass is 16.3. The van der Waals surface area contributed by atoms with Gasteiger partial charge in [0, 0.05) is 24.9 Å². The number of nitrogens with two attached hydrogens (primary N) is 1. The number of nitrogens with zero attached hydrogens (tertiary/aromatic N) is 2. The molecule has 0 fully saturated rings. The van der Waals surface area contributed by atoms with Crippen LogP contribution in [-0.2, 0) is 0 Å². The second-order valence-corrected chi connectivity index (χ2v) is 3.87. The van der Waals surface area contributed by atoms with Crippen molar-refractivity contribution in [2.24, 2.45) is 11.8 Å². The maximum absolute atomic E-state index is 8.79. The first-order valence-electron chi connectivity index (χ1n) is 5.32. The van der Waals surface area contributed by atoms with Gasteiger partial charge in [-0.2, -0.15) is 4.98 Å². The lowest BCUT2D eigenvalue weighted by Crippen LogP contribution is -2.16. The van der Waals surface area contributed by atoms with Gasteiger partial charge in [0.1, 0.15) is 5.82 Å². The molecule has 16 heavy (non-hydrogen) atoms. The number of hydrogen-bond acceptors (Lipinski definition) is 6. The molecule has 0 aliphatic rings. The van der Waals surface area contributed by atoms with E-state index >= 15 is 0 Å². The Kier molecular flexibility index (Phi) is 4.94. The largest absolute Gasteiger partial charge is 0.396 e. The van der Waals surface area contributed by atoms with Crippen molar-refractivity contribution in [3.8, 4) is 0 Å². The summed E-state index contributed by atoms with van der Waals surface area (Å²) in [6.45, 7) is 4.98. The third-order valence-electron chi connectivity index (χ3n) is 2.34. The van der Waals surface area contributed by atoms with Gasteiger partial charge in [-0.15, -0.1) is 0 Å². The summed E-state index contributed by atoms with van der Waals surface area (Å²) in [6, 6.07) is 0. The number of aromatic nitrogens is 2. The molecule has 0 saturated carbocycles. The maximum Gasteiger partial charge on any atom is 0.239 e. The summed E-state index contributed by atoms with van der Waals surface area (Å²) in [5.41, 5.74) is 3.37. The molecule has 1 unspecified atom stereocenters. The highest BCUT2D eigenvalue weighted by molar-refractivity contribution is 5.45. The lowest BCUT2D eigenvalue weighted by molar-refractivity contribution is 0.266. The summed E-state index contributed by atoms with van der Waals surface area (Å²) in [7, 11) is 0. The molecule has 1 aromatic heterocycles. The number of rotatable bonds is 6. The van der Waals surface area contributed by atoms with E-state index in [-0.39, 0.29) is 6.61 Å². The average molecular weight is 225 g/mol. The molecule has 5 N–H and O–H groups in total. The molecule has 0 bridgehead atoms. The SMILES string of the molecule is Cc1cnc(NN)nc1NCC(C)CCO. The minimum atomic E-state index is 0.210. The van der Waals surface area contributed by atoms with E-state index in [1.54, 1.807) is 6.20 Å². The predicted octanol–water partition coefficient (Wildman–Crippen LogP) is 0.501. The molecule has 0 spiro atoms. The van der Waals surface area contributed by atoms with Crippen LogP contribution in [0.4, 0.5) is 11.8 Å². The fourth-order valence-electron chi connectivity index (χ4n) is 1.28. The Bertz CT molecular complexity index is 331. The Balaban J connectivity index is 2.58. The number of hydrogen-bond donors (Lipinski definition) is 4. The molecular weight excluding hydrogens is 206 g/mol. The van der Waals surface area contributed by atoms with E-state index in [9.17, 15) is 0 Å². The summed E-state index contributed by atoms with van der Waals surface area (Å²) in [5, 5.41) is 12.0. The molecule has 0 radical (unpaired) electrons. The fraction of sp³-hybridized carbons (Fsp3) is 0.600. The fourth-order valence-corrected chi connectivity index (χ4v) is 1.28. The molecule has 0 aliphatic carbocycles. The van der Waals surface area contributed by atoms with E-state index in [2.05, 4.69) is 27.6 Å². The zero-order chi connectivity index (χ0) is 12.0. The van der Waals surface area contributed by atoms with Crippen molar-refractivity contribution in [1.82, 2.24) is 9.97 Å². The van der Waals surface area contributed by atoms with Crippen LogP contribution in [0.15, 0.2) is 6.20 Å². The summed E-state index contributed by atoms with van der Waals surface area (Å²) in [4.78, 5) is 8.20. The van der Waals surface area contributed by atoms with Crippen molar-refractivity contribution in [1.29, 1.82) is 0 Å². The first-order valence-corrected chi connectivity index (χ1v) is 5.32. The minimum absolute atomic E-state index is 0.210. The Morgan fingerprint density at radius 2 is 2.31 bits per heavy atom. The first-order chi connectivity index (χ1) is 7.67. The predicted molar refractivity (Wildman–Crippen MR) is 63.9 cm³/mol. The lowest BCUT2D eigenvalue weighted by Gasteiger charge is -2.13. The van der Waals surface area contributed by atoms with E-state index < -0.39 is 0 Å². The molecule has 6 nitrogen and oxygen atoms in total. The number of aryl methyl sites for hydroxylation is 1. The van der Waals surface area contributed by atoms with E-state index in [0.717, 1.165) is 24.3 Å². The van der Waals surface area contributed by atoms with Crippen LogP contribution in [0.2, 0.25) is 0 Å². The summed E-state index contributed by atoms with van der Waals surface area (Å²) in [6.07, 6.45) is 2.49. The van der Waals surface area contributed by atoms with Crippen LogP contribution in [0.25, 0.3) is 0 Å². The van der Waals surface area contributed by atoms with Gasteiger partial charge in [0.25, 0.3) is 0 Å². The molecule has 1 heterocycles. The lowest BCUT2D eigenvalue weighted by atomic mass is 10.1. The van der Waals surface area contributed by atoms with Gasteiger partial charge in [-0.25, -0.2) is 10.8 Å². The molecule has 0 amide bonds. The number of hydrazine groups is 1. The zero-order valence-corrected chi connectivity index (χ0v) is 9.70. The highest BCUT2D eigenvalue weighted by Gasteiger charge is 2.05. The number of aliphatic hydroxyl groups excluding tert-OH is 1. The van der Waals surface area contributed by atoms with Crippen molar-refractivity contribution in [2.45, 2.75) is 20.3 Å². The highest BCUT2D eigenvalue weighted by Crippen LogP contribution is 2.13.